The van der Waals surface area contributed by atoms with Crippen LogP contribution < -0.4 is 16.2 Å². The number of piperidine rings is 1. The second-order valence-electron chi connectivity index (χ2n) is 7.56. The molecule has 31 heavy (non-hydrogen) atoms. The summed E-state index contributed by atoms with van der Waals surface area (Å²) in [6, 6.07) is 10.8. The summed E-state index contributed by atoms with van der Waals surface area (Å²) in [6.07, 6.45) is 5.56. The van der Waals surface area contributed by atoms with Gasteiger partial charge < -0.3 is 21.1 Å². The van der Waals surface area contributed by atoms with Crippen LogP contribution in [0.25, 0.3) is 11.3 Å². The molecular formula is C22H23N7O2. The lowest BCUT2D eigenvalue weighted by Crippen LogP contribution is -2.34. The highest BCUT2D eigenvalue weighted by Gasteiger charge is 2.28. The van der Waals surface area contributed by atoms with Crippen molar-refractivity contribution in [2.24, 2.45) is 5.73 Å². The monoisotopic (exact) mass is 417 g/mol. The molecule has 0 radical (unpaired) electrons. The Morgan fingerprint density at radius 3 is 2.68 bits per heavy atom. The maximum Gasteiger partial charge on any atom is 0.254 e. The molecule has 0 bridgehead atoms. The number of pyridine rings is 1. The number of amides is 1. The number of nitrogens with two attached hydrogens (primary N) is 2. The van der Waals surface area contributed by atoms with E-state index in [9.17, 15) is 10.1 Å². The van der Waals surface area contributed by atoms with E-state index in [0.717, 1.165) is 18.4 Å². The number of aryl methyl sites for hydroxylation is 1. The molecule has 2 aromatic heterocycles. The van der Waals surface area contributed by atoms with Crippen molar-refractivity contribution in [3.05, 3.63) is 53.7 Å². The Morgan fingerprint density at radius 2 is 2.03 bits per heavy atom. The van der Waals surface area contributed by atoms with Crippen molar-refractivity contribution in [3.63, 3.8) is 0 Å². The molecule has 1 amide bonds. The summed E-state index contributed by atoms with van der Waals surface area (Å²) in [5.41, 5.74) is 14.2. The van der Waals surface area contributed by atoms with Crippen molar-refractivity contribution in [1.29, 1.82) is 5.26 Å². The molecule has 3 heterocycles. The van der Waals surface area contributed by atoms with Crippen molar-refractivity contribution in [1.82, 2.24) is 19.7 Å². The summed E-state index contributed by atoms with van der Waals surface area (Å²) in [4.78, 5) is 18.1. The van der Waals surface area contributed by atoms with Gasteiger partial charge in [-0.3, -0.25) is 4.79 Å². The molecule has 1 aromatic carbocycles. The number of carbonyl (C=O) groups excluding carboxylic acids is 1. The third kappa shape index (κ3) is 4.14. The molecule has 1 aliphatic heterocycles. The van der Waals surface area contributed by atoms with E-state index in [1.807, 2.05) is 13.0 Å². The highest BCUT2D eigenvalue weighted by molar-refractivity contribution is 6.03. The van der Waals surface area contributed by atoms with Gasteiger partial charge in [-0.1, -0.05) is 6.07 Å². The molecule has 158 valence electrons. The van der Waals surface area contributed by atoms with E-state index in [-0.39, 0.29) is 17.4 Å². The van der Waals surface area contributed by atoms with Crippen molar-refractivity contribution >= 4 is 11.7 Å². The number of hydrogen-bond acceptors (Lipinski definition) is 7. The summed E-state index contributed by atoms with van der Waals surface area (Å²) >= 11 is 0. The number of primary amides is 1. The van der Waals surface area contributed by atoms with Gasteiger partial charge in [-0.2, -0.15) is 10.4 Å². The number of rotatable bonds is 5. The lowest BCUT2D eigenvalue weighted by molar-refractivity contribution is 0.100. The van der Waals surface area contributed by atoms with Gasteiger partial charge in [-0.15, -0.1) is 0 Å². The SMILES string of the molecule is Cc1ccc(Oc2ccc(-c3nn([C@@H]4CCCN(C#N)C4)c(N)c3C(N)=O)cc2)nc1. The molecule has 1 fully saturated rings. The highest BCUT2D eigenvalue weighted by Crippen LogP contribution is 2.33. The first-order valence-electron chi connectivity index (χ1n) is 9.99. The van der Waals surface area contributed by atoms with E-state index in [2.05, 4.69) is 16.3 Å². The van der Waals surface area contributed by atoms with Crippen LogP contribution in [0.1, 0.15) is 34.8 Å². The van der Waals surface area contributed by atoms with Crippen LogP contribution in [0.3, 0.4) is 0 Å². The summed E-state index contributed by atoms with van der Waals surface area (Å²) in [7, 11) is 0. The number of aromatic nitrogens is 3. The Hall–Kier alpha value is -4.06. The first-order chi connectivity index (χ1) is 15.0. The van der Waals surface area contributed by atoms with Crippen LogP contribution in [0.2, 0.25) is 0 Å². The molecule has 1 aliphatic rings. The number of nitrogen functional groups attached to an aromatic ring is 1. The Kier molecular flexibility index (Phi) is 5.45. The average Bonchev–Trinajstić information content (AvgIpc) is 3.13. The van der Waals surface area contributed by atoms with Crippen LogP contribution in [0.4, 0.5) is 5.82 Å². The van der Waals surface area contributed by atoms with Crippen molar-refractivity contribution in [2.45, 2.75) is 25.8 Å². The molecule has 4 N–H and O–H groups in total. The second-order valence-corrected chi connectivity index (χ2v) is 7.56. The maximum atomic E-state index is 12.2. The molecule has 3 aromatic rings. The predicted molar refractivity (Wildman–Crippen MR) is 115 cm³/mol. The van der Waals surface area contributed by atoms with Gasteiger partial charge in [-0.25, -0.2) is 9.67 Å². The molecule has 0 spiro atoms. The van der Waals surface area contributed by atoms with Crippen LogP contribution in [-0.4, -0.2) is 38.7 Å². The Morgan fingerprint density at radius 1 is 1.26 bits per heavy atom. The number of nitriles is 1. The van der Waals surface area contributed by atoms with E-state index in [1.54, 1.807) is 46.1 Å². The molecular weight excluding hydrogens is 394 g/mol. The van der Waals surface area contributed by atoms with E-state index < -0.39 is 5.91 Å². The van der Waals surface area contributed by atoms with Crippen molar-refractivity contribution < 1.29 is 9.53 Å². The second kappa shape index (κ2) is 8.36. The normalized spacial score (nSPS) is 16.0. The van der Waals surface area contributed by atoms with E-state index in [1.165, 1.54) is 0 Å². The van der Waals surface area contributed by atoms with Gasteiger partial charge in [-0.05, 0) is 49.6 Å². The van der Waals surface area contributed by atoms with Gasteiger partial charge >= 0.3 is 0 Å². The zero-order valence-electron chi connectivity index (χ0n) is 17.2. The zero-order valence-corrected chi connectivity index (χ0v) is 17.2. The summed E-state index contributed by atoms with van der Waals surface area (Å²) in [6.45, 7) is 3.16. The largest absolute Gasteiger partial charge is 0.439 e. The van der Waals surface area contributed by atoms with Crippen LogP contribution >= 0.6 is 0 Å². The molecule has 1 atom stereocenters. The number of likely N-dealkylation sites (tertiary alicyclic amines) is 1. The minimum atomic E-state index is -0.643. The molecule has 0 unspecified atom stereocenters. The predicted octanol–water partition coefficient (Wildman–Crippen LogP) is 2.84. The molecule has 1 saturated heterocycles. The maximum absolute atomic E-state index is 12.2. The van der Waals surface area contributed by atoms with Crippen LogP contribution in [0.5, 0.6) is 11.6 Å². The number of ether oxygens (including phenoxy) is 1. The quantitative estimate of drug-likeness (QED) is 0.609. The number of carbonyl (C=O) groups is 1. The Labute approximate surface area is 179 Å². The van der Waals surface area contributed by atoms with Crippen LogP contribution in [0.15, 0.2) is 42.6 Å². The lowest BCUT2D eigenvalue weighted by Gasteiger charge is -2.29. The third-order valence-electron chi connectivity index (χ3n) is 5.31. The standard InChI is InChI=1S/C22H23N7O2/c1-14-4-9-18(26-11-14)31-17-7-5-15(6-8-17)20-19(22(25)30)21(24)29(27-20)16-3-2-10-28(12-16)13-23/h4-9,11,16H,2-3,10,12,24H2,1H3,(H2,25,30)/t16-/m1/s1. The highest BCUT2D eigenvalue weighted by atomic mass is 16.5. The average molecular weight is 417 g/mol. The number of anilines is 1. The van der Waals surface area contributed by atoms with Crippen LogP contribution in [-0.2, 0) is 0 Å². The molecule has 9 heteroatoms. The first-order valence-corrected chi connectivity index (χ1v) is 9.99. The molecule has 0 saturated carbocycles. The van der Waals surface area contributed by atoms with E-state index in [4.69, 9.17) is 16.2 Å². The van der Waals surface area contributed by atoms with Gasteiger partial charge in [0.1, 0.15) is 22.8 Å². The Bertz CT molecular complexity index is 1130. The van der Waals surface area contributed by atoms with Gasteiger partial charge in [0.15, 0.2) is 6.19 Å². The third-order valence-corrected chi connectivity index (χ3v) is 5.31. The Balaban J connectivity index is 1.63. The van der Waals surface area contributed by atoms with Gasteiger partial charge in [0.2, 0.25) is 5.88 Å². The number of hydrogen-bond donors (Lipinski definition) is 2. The summed E-state index contributed by atoms with van der Waals surface area (Å²) in [5.74, 6) is 0.668. The van der Waals surface area contributed by atoms with E-state index in [0.29, 0.717) is 36.0 Å². The fourth-order valence-corrected chi connectivity index (χ4v) is 3.73. The minimum absolute atomic E-state index is 0.101. The minimum Gasteiger partial charge on any atom is -0.439 e. The van der Waals surface area contributed by atoms with Crippen LogP contribution in [0, 0.1) is 18.4 Å². The lowest BCUT2D eigenvalue weighted by atomic mass is 10.1. The fourth-order valence-electron chi connectivity index (χ4n) is 3.73. The molecule has 0 aliphatic carbocycles. The summed E-state index contributed by atoms with van der Waals surface area (Å²) < 4.78 is 7.39. The molecule has 4 rings (SSSR count). The van der Waals surface area contributed by atoms with E-state index >= 15 is 0 Å². The van der Waals surface area contributed by atoms with Gasteiger partial charge in [0.05, 0.1) is 12.6 Å². The topological polar surface area (TPSA) is 136 Å². The number of nitrogens with zero attached hydrogens (tertiary/aromatic N) is 5. The van der Waals surface area contributed by atoms with Crippen molar-refractivity contribution in [2.75, 3.05) is 18.8 Å². The fraction of sp³-hybridized carbons (Fsp3) is 0.273. The number of benzene rings is 1. The smallest absolute Gasteiger partial charge is 0.254 e. The van der Waals surface area contributed by atoms with Gasteiger partial charge in [0, 0.05) is 24.4 Å². The van der Waals surface area contributed by atoms with Crippen molar-refractivity contribution in [3.8, 4) is 29.1 Å². The zero-order chi connectivity index (χ0) is 22.0. The molecule has 9 nitrogen and oxygen atoms in total. The summed E-state index contributed by atoms with van der Waals surface area (Å²) in [5, 5.41) is 13.8. The first kappa shape index (κ1) is 20.2. The van der Waals surface area contributed by atoms with Gasteiger partial charge in [0.25, 0.3) is 5.91 Å².